The van der Waals surface area contributed by atoms with Gasteiger partial charge in [0, 0.05) is 6.07 Å². The van der Waals surface area contributed by atoms with Gasteiger partial charge in [0.1, 0.15) is 11.5 Å². The summed E-state index contributed by atoms with van der Waals surface area (Å²) in [5, 5.41) is 8.11. The predicted octanol–water partition coefficient (Wildman–Crippen LogP) is 4.40. The molecule has 4 nitrogen and oxygen atoms in total. The summed E-state index contributed by atoms with van der Waals surface area (Å²) >= 11 is 5.43. The first-order valence-corrected chi connectivity index (χ1v) is 6.67. The lowest BCUT2D eigenvalue weighted by Gasteiger charge is -2.12. The monoisotopic (exact) mass is 346 g/mol. The number of carbonyl (C=O) groups is 1. The number of benzene rings is 2. The van der Waals surface area contributed by atoms with Crippen molar-refractivity contribution >= 4 is 17.6 Å². The Balaban J connectivity index is 2.17. The summed E-state index contributed by atoms with van der Waals surface area (Å²) < 4.78 is 50.1. The van der Waals surface area contributed by atoms with Gasteiger partial charge in [0.2, 0.25) is 5.82 Å². The van der Waals surface area contributed by atoms with E-state index in [1.54, 1.807) is 0 Å². The minimum atomic E-state index is -1.73. The Morgan fingerprint density at radius 2 is 1.65 bits per heavy atom. The second kappa shape index (κ2) is 6.78. The molecule has 0 radical (unpaired) electrons. The summed E-state index contributed by atoms with van der Waals surface area (Å²) in [5.41, 5.74) is 0. The molecular weight excluding hydrogens is 337 g/mol. The molecule has 1 atom stereocenters. The molecule has 23 heavy (non-hydrogen) atoms. The van der Waals surface area contributed by atoms with Crippen molar-refractivity contribution in [3.05, 3.63) is 52.8 Å². The van der Waals surface area contributed by atoms with Crippen molar-refractivity contribution in [2.75, 3.05) is 0 Å². The van der Waals surface area contributed by atoms with Gasteiger partial charge < -0.3 is 14.6 Å². The summed E-state index contributed by atoms with van der Waals surface area (Å²) in [6.07, 6.45) is -1.05. The zero-order valence-corrected chi connectivity index (χ0v) is 12.4. The van der Waals surface area contributed by atoms with Crippen molar-refractivity contribution in [3.8, 4) is 17.2 Å². The lowest BCUT2D eigenvalue weighted by atomic mass is 10.3. The Labute approximate surface area is 134 Å². The van der Waals surface area contributed by atoms with Crippen molar-refractivity contribution < 1.29 is 32.5 Å². The average Bonchev–Trinajstić information content (AvgIpc) is 2.52. The van der Waals surface area contributed by atoms with Gasteiger partial charge in [0.15, 0.2) is 23.5 Å². The van der Waals surface area contributed by atoms with Crippen LogP contribution in [0.5, 0.6) is 17.2 Å². The standard InChI is InChI=1S/C15H10ClF3O4/c1-7(15(20)21)22-8-2-4-9(5-3-8)23-11-6-10(16)12(17)14(19)13(11)18/h2-7H,1H3,(H,20,21). The van der Waals surface area contributed by atoms with Gasteiger partial charge in [0.25, 0.3) is 0 Å². The number of carboxylic acid groups (broad SMARTS) is 1. The quantitative estimate of drug-likeness (QED) is 0.644. The van der Waals surface area contributed by atoms with Crippen molar-refractivity contribution in [2.24, 2.45) is 0 Å². The van der Waals surface area contributed by atoms with Crippen LogP contribution in [0.1, 0.15) is 6.92 Å². The molecule has 0 saturated heterocycles. The molecule has 122 valence electrons. The molecule has 8 heteroatoms. The maximum absolute atomic E-state index is 13.6. The normalized spacial score (nSPS) is 11.9. The van der Waals surface area contributed by atoms with Crippen molar-refractivity contribution in [2.45, 2.75) is 13.0 Å². The van der Waals surface area contributed by atoms with Crippen LogP contribution in [0.25, 0.3) is 0 Å². The highest BCUT2D eigenvalue weighted by Crippen LogP contribution is 2.32. The third kappa shape index (κ3) is 3.87. The molecule has 2 rings (SSSR count). The number of halogens is 4. The van der Waals surface area contributed by atoms with Gasteiger partial charge in [-0.1, -0.05) is 11.6 Å². The second-order valence-electron chi connectivity index (χ2n) is 4.47. The van der Waals surface area contributed by atoms with Crippen molar-refractivity contribution in [3.63, 3.8) is 0 Å². The van der Waals surface area contributed by atoms with Crippen LogP contribution in [0, 0.1) is 17.5 Å². The number of aliphatic carboxylic acids is 1. The number of hydrogen-bond donors (Lipinski definition) is 1. The smallest absolute Gasteiger partial charge is 0.344 e. The fourth-order valence-corrected chi connectivity index (χ4v) is 1.78. The fraction of sp³-hybridized carbons (Fsp3) is 0.133. The fourth-order valence-electron chi connectivity index (χ4n) is 1.59. The summed E-state index contributed by atoms with van der Waals surface area (Å²) in [6, 6.07) is 6.27. The first kappa shape index (κ1) is 17.0. The van der Waals surface area contributed by atoms with Crippen LogP contribution in [0.2, 0.25) is 5.02 Å². The first-order valence-electron chi connectivity index (χ1n) is 6.30. The lowest BCUT2D eigenvalue weighted by Crippen LogP contribution is -2.22. The summed E-state index contributed by atoms with van der Waals surface area (Å²) in [6.45, 7) is 1.35. The zero-order valence-electron chi connectivity index (χ0n) is 11.6. The molecule has 0 aromatic heterocycles. The largest absolute Gasteiger partial charge is 0.479 e. The average molecular weight is 347 g/mol. The Hall–Kier alpha value is -2.41. The third-order valence-corrected chi connectivity index (χ3v) is 3.06. The lowest BCUT2D eigenvalue weighted by molar-refractivity contribution is -0.144. The highest BCUT2D eigenvalue weighted by molar-refractivity contribution is 6.30. The molecule has 0 fully saturated rings. The zero-order chi connectivity index (χ0) is 17.1. The Morgan fingerprint density at radius 3 is 2.22 bits per heavy atom. The van der Waals surface area contributed by atoms with E-state index in [1.165, 1.54) is 31.2 Å². The maximum Gasteiger partial charge on any atom is 0.344 e. The molecule has 0 aliphatic carbocycles. The molecule has 0 aliphatic rings. The first-order chi connectivity index (χ1) is 10.8. The van der Waals surface area contributed by atoms with Crippen molar-refractivity contribution in [1.29, 1.82) is 0 Å². The molecule has 2 aromatic rings. The van der Waals surface area contributed by atoms with E-state index < -0.39 is 40.3 Å². The third-order valence-electron chi connectivity index (χ3n) is 2.78. The molecule has 1 unspecified atom stereocenters. The van der Waals surface area contributed by atoms with Crippen LogP contribution in [0.15, 0.2) is 30.3 Å². The van der Waals surface area contributed by atoms with Crippen LogP contribution in [-0.4, -0.2) is 17.2 Å². The molecule has 0 heterocycles. The molecule has 0 spiro atoms. The number of ether oxygens (including phenoxy) is 2. The Bertz CT molecular complexity index is 734. The number of rotatable bonds is 5. The van der Waals surface area contributed by atoms with Crippen molar-refractivity contribution in [1.82, 2.24) is 0 Å². The van der Waals surface area contributed by atoms with Gasteiger partial charge in [-0.05, 0) is 31.2 Å². The van der Waals surface area contributed by atoms with Gasteiger partial charge >= 0.3 is 5.97 Å². The number of hydrogen-bond acceptors (Lipinski definition) is 3. The minimum Gasteiger partial charge on any atom is -0.479 e. The van der Waals surface area contributed by atoms with Crippen LogP contribution >= 0.6 is 11.6 Å². The minimum absolute atomic E-state index is 0.0984. The molecule has 0 saturated carbocycles. The van der Waals surface area contributed by atoms with Crippen LogP contribution in [0.4, 0.5) is 13.2 Å². The molecular formula is C15H10ClF3O4. The van der Waals surface area contributed by atoms with Crippen LogP contribution < -0.4 is 9.47 Å². The van der Waals surface area contributed by atoms with E-state index in [9.17, 15) is 18.0 Å². The van der Waals surface area contributed by atoms with Gasteiger partial charge in [-0.3, -0.25) is 0 Å². The highest BCUT2D eigenvalue weighted by atomic mass is 35.5. The topological polar surface area (TPSA) is 55.8 Å². The Morgan fingerprint density at radius 1 is 1.09 bits per heavy atom. The van der Waals surface area contributed by atoms with E-state index in [2.05, 4.69) is 0 Å². The summed E-state index contributed by atoms with van der Waals surface area (Å²) in [5.74, 6) is -6.11. The van der Waals surface area contributed by atoms with Gasteiger partial charge in [-0.15, -0.1) is 0 Å². The molecule has 2 aromatic carbocycles. The van der Waals surface area contributed by atoms with E-state index >= 15 is 0 Å². The van der Waals surface area contributed by atoms with E-state index in [1.807, 2.05) is 0 Å². The van der Waals surface area contributed by atoms with Crippen LogP contribution in [0.3, 0.4) is 0 Å². The second-order valence-corrected chi connectivity index (χ2v) is 4.88. The van der Waals surface area contributed by atoms with E-state index in [0.717, 1.165) is 6.07 Å². The molecule has 0 amide bonds. The van der Waals surface area contributed by atoms with Gasteiger partial charge in [-0.2, -0.15) is 4.39 Å². The highest BCUT2D eigenvalue weighted by Gasteiger charge is 2.19. The Kier molecular flexibility index (Phi) is 5.00. The summed E-state index contributed by atoms with van der Waals surface area (Å²) in [7, 11) is 0. The van der Waals surface area contributed by atoms with Gasteiger partial charge in [-0.25, -0.2) is 13.6 Å². The SMILES string of the molecule is CC(Oc1ccc(Oc2cc(Cl)c(F)c(F)c2F)cc1)C(=O)O. The summed E-state index contributed by atoms with van der Waals surface area (Å²) in [4.78, 5) is 10.7. The molecule has 0 bridgehead atoms. The van der Waals surface area contributed by atoms with Gasteiger partial charge in [0.05, 0.1) is 5.02 Å². The van der Waals surface area contributed by atoms with E-state index in [4.69, 9.17) is 26.2 Å². The maximum atomic E-state index is 13.6. The predicted molar refractivity (Wildman–Crippen MR) is 75.6 cm³/mol. The molecule has 0 aliphatic heterocycles. The molecule has 1 N–H and O–H groups in total. The number of carboxylic acids is 1. The van der Waals surface area contributed by atoms with Crippen LogP contribution in [-0.2, 0) is 4.79 Å². The van der Waals surface area contributed by atoms with E-state index in [-0.39, 0.29) is 11.5 Å². The van der Waals surface area contributed by atoms with E-state index in [0.29, 0.717) is 0 Å².